The molecule has 212 valence electrons. The Hall–Kier alpha value is -2.52. The summed E-state index contributed by atoms with van der Waals surface area (Å²) < 4.78 is 12.4. The molecule has 3 nitrogen and oxygen atoms in total. The van der Waals surface area contributed by atoms with Crippen molar-refractivity contribution in [2.75, 3.05) is 14.2 Å². The van der Waals surface area contributed by atoms with Gasteiger partial charge in [0.25, 0.3) is 0 Å². The number of hydrogen-bond acceptors (Lipinski definition) is 3. The van der Waals surface area contributed by atoms with Gasteiger partial charge < -0.3 is 14.6 Å². The number of phenolic OH excluding ortho intramolecular Hbond substituents is 1. The predicted molar refractivity (Wildman–Crippen MR) is 163 cm³/mol. The molecular formula is C37H46O3. The molecule has 4 aliphatic carbocycles. The minimum absolute atomic E-state index is 0.0980. The molecule has 4 aliphatic rings. The van der Waals surface area contributed by atoms with E-state index in [1.165, 1.54) is 53.5 Å². The quantitative estimate of drug-likeness (QED) is 0.360. The van der Waals surface area contributed by atoms with Crippen molar-refractivity contribution in [3.63, 3.8) is 0 Å². The van der Waals surface area contributed by atoms with Crippen molar-refractivity contribution >= 4 is 10.8 Å². The van der Waals surface area contributed by atoms with E-state index in [0.29, 0.717) is 5.75 Å². The summed E-state index contributed by atoms with van der Waals surface area (Å²) in [7, 11) is 3.67. The number of ether oxygens (including phenoxy) is 2. The predicted octanol–water partition coefficient (Wildman–Crippen LogP) is 9.19. The van der Waals surface area contributed by atoms with Crippen molar-refractivity contribution in [1.29, 1.82) is 0 Å². The first-order valence-corrected chi connectivity index (χ1v) is 15.5. The van der Waals surface area contributed by atoms with Gasteiger partial charge in [-0.15, -0.1) is 0 Å². The Kier molecular flexibility index (Phi) is 5.77. The minimum atomic E-state index is -0.137. The van der Waals surface area contributed by atoms with Crippen LogP contribution in [0.2, 0.25) is 0 Å². The molecule has 40 heavy (non-hydrogen) atoms. The summed E-state index contributed by atoms with van der Waals surface area (Å²) in [5.41, 5.74) is 6.78. The number of benzene rings is 3. The number of phenols is 1. The summed E-state index contributed by atoms with van der Waals surface area (Å²) in [5.74, 6) is 2.79. The molecule has 3 saturated carbocycles. The van der Waals surface area contributed by atoms with Crippen LogP contribution in [0.5, 0.6) is 11.5 Å². The monoisotopic (exact) mass is 538 g/mol. The van der Waals surface area contributed by atoms with E-state index in [9.17, 15) is 5.11 Å². The van der Waals surface area contributed by atoms with Crippen LogP contribution in [0.1, 0.15) is 95.8 Å². The van der Waals surface area contributed by atoms with Crippen molar-refractivity contribution in [3.05, 3.63) is 59.2 Å². The van der Waals surface area contributed by atoms with Gasteiger partial charge in [0, 0.05) is 24.3 Å². The molecule has 0 saturated heterocycles. The molecule has 3 aromatic rings. The maximum absolute atomic E-state index is 11.6. The van der Waals surface area contributed by atoms with Gasteiger partial charge in [0.05, 0.1) is 12.7 Å². The standard InChI is InChI=1S/C37H46O3/c1-34(2)20-35(3,4)22-37(21-34)29-10-8-7-9-26(29)33-28-14-25(32(39-5)15-27(28)31(38)16-30(33)37)19-36(40-6)17-23-11-12-24(13-23)18-36/h7-10,14-16,23-24,38H,11-13,17-22H2,1-6H3. The number of methoxy groups -OCH3 is 2. The number of aromatic hydroxyl groups is 1. The molecule has 3 fully saturated rings. The smallest absolute Gasteiger partial charge is 0.123 e. The average molecular weight is 539 g/mol. The van der Waals surface area contributed by atoms with Crippen molar-refractivity contribution in [1.82, 2.24) is 0 Å². The normalized spacial score (nSPS) is 28.9. The third kappa shape index (κ3) is 3.94. The molecule has 2 unspecified atom stereocenters. The lowest BCUT2D eigenvalue weighted by Gasteiger charge is -2.51. The van der Waals surface area contributed by atoms with Crippen molar-refractivity contribution in [2.45, 2.75) is 96.5 Å². The third-order valence-electron chi connectivity index (χ3n) is 11.2. The molecule has 1 N–H and O–H groups in total. The minimum Gasteiger partial charge on any atom is -0.507 e. The first-order chi connectivity index (χ1) is 19.0. The van der Waals surface area contributed by atoms with Crippen LogP contribution in [0.15, 0.2) is 42.5 Å². The Morgan fingerprint density at radius 1 is 0.825 bits per heavy atom. The third-order valence-corrected chi connectivity index (χ3v) is 11.2. The zero-order valence-electron chi connectivity index (χ0n) is 25.3. The van der Waals surface area contributed by atoms with Gasteiger partial charge in [0.15, 0.2) is 0 Å². The zero-order chi connectivity index (χ0) is 28.1. The number of rotatable bonds is 4. The van der Waals surface area contributed by atoms with Crippen LogP contribution in [-0.2, 0) is 16.6 Å². The topological polar surface area (TPSA) is 38.7 Å². The van der Waals surface area contributed by atoms with Crippen LogP contribution in [0.3, 0.4) is 0 Å². The fourth-order valence-electron chi connectivity index (χ4n) is 10.6. The molecular weight excluding hydrogens is 492 g/mol. The average Bonchev–Trinajstić information content (AvgIpc) is 3.36. The highest BCUT2D eigenvalue weighted by molar-refractivity contribution is 6.06. The molecule has 0 radical (unpaired) electrons. The SMILES string of the molecule is COc1cc2c(O)cc3c(c2cc1CC1(OC)CC2CCC(C2)C1)-c1ccccc1C31CC(C)(C)CC(C)(C)C1. The highest BCUT2D eigenvalue weighted by atomic mass is 16.5. The Morgan fingerprint density at radius 3 is 2.15 bits per heavy atom. The van der Waals surface area contributed by atoms with Gasteiger partial charge in [-0.25, -0.2) is 0 Å². The molecule has 0 aliphatic heterocycles. The molecule has 7 rings (SSSR count). The zero-order valence-corrected chi connectivity index (χ0v) is 25.3. The summed E-state index contributed by atoms with van der Waals surface area (Å²) >= 11 is 0. The molecule has 2 atom stereocenters. The second kappa shape index (κ2) is 8.74. The van der Waals surface area contributed by atoms with Gasteiger partial charge in [-0.1, -0.05) is 64.8 Å². The molecule has 3 aromatic carbocycles. The fraction of sp³-hybridized carbons (Fsp3) is 0.568. The van der Waals surface area contributed by atoms with E-state index in [2.05, 4.69) is 70.2 Å². The first-order valence-electron chi connectivity index (χ1n) is 15.5. The van der Waals surface area contributed by atoms with Crippen LogP contribution in [0, 0.1) is 22.7 Å². The van der Waals surface area contributed by atoms with Gasteiger partial charge in [-0.2, -0.15) is 0 Å². The van der Waals surface area contributed by atoms with E-state index >= 15 is 0 Å². The first kappa shape index (κ1) is 26.4. The Balaban J connectivity index is 1.45. The fourth-order valence-corrected chi connectivity index (χ4v) is 10.6. The van der Waals surface area contributed by atoms with E-state index in [1.807, 2.05) is 7.11 Å². The van der Waals surface area contributed by atoms with E-state index < -0.39 is 0 Å². The van der Waals surface area contributed by atoms with Gasteiger partial charge in [0.2, 0.25) is 0 Å². The van der Waals surface area contributed by atoms with Crippen LogP contribution in [0.25, 0.3) is 21.9 Å². The van der Waals surface area contributed by atoms with Gasteiger partial charge in [0.1, 0.15) is 11.5 Å². The van der Waals surface area contributed by atoms with Gasteiger partial charge in [-0.3, -0.25) is 0 Å². The summed E-state index contributed by atoms with van der Waals surface area (Å²) in [5, 5.41) is 13.7. The van der Waals surface area contributed by atoms with Crippen LogP contribution in [0.4, 0.5) is 0 Å². The summed E-state index contributed by atoms with van der Waals surface area (Å²) in [6, 6.07) is 15.6. The van der Waals surface area contributed by atoms with Gasteiger partial charge in [-0.05, 0) is 113 Å². The van der Waals surface area contributed by atoms with Crippen molar-refractivity contribution in [3.8, 4) is 22.6 Å². The summed E-state index contributed by atoms with van der Waals surface area (Å²) in [6.45, 7) is 9.73. The maximum Gasteiger partial charge on any atom is 0.123 e. The molecule has 3 heteroatoms. The second-order valence-electron chi connectivity index (χ2n) is 15.5. The van der Waals surface area contributed by atoms with Crippen LogP contribution < -0.4 is 4.74 Å². The van der Waals surface area contributed by atoms with E-state index in [1.54, 1.807) is 7.11 Å². The molecule has 1 spiro atoms. The van der Waals surface area contributed by atoms with Crippen LogP contribution in [-0.4, -0.2) is 24.9 Å². The van der Waals surface area contributed by atoms with Gasteiger partial charge >= 0.3 is 0 Å². The highest BCUT2D eigenvalue weighted by Gasteiger charge is 2.54. The van der Waals surface area contributed by atoms with Crippen molar-refractivity contribution < 1.29 is 14.6 Å². The van der Waals surface area contributed by atoms with E-state index in [-0.39, 0.29) is 21.8 Å². The van der Waals surface area contributed by atoms with Crippen molar-refractivity contribution in [2.24, 2.45) is 22.7 Å². The number of fused-ring (bicyclic) bond motifs is 9. The van der Waals surface area contributed by atoms with E-state index in [0.717, 1.165) is 60.5 Å². The largest absolute Gasteiger partial charge is 0.507 e. The summed E-state index contributed by atoms with van der Waals surface area (Å²) in [4.78, 5) is 0. The Bertz CT molecular complexity index is 1470. The van der Waals surface area contributed by atoms with E-state index in [4.69, 9.17) is 9.47 Å². The second-order valence-corrected chi connectivity index (χ2v) is 15.5. The Labute approximate surface area is 240 Å². The summed E-state index contributed by atoms with van der Waals surface area (Å²) in [6.07, 6.45) is 10.6. The lowest BCUT2D eigenvalue weighted by Crippen LogP contribution is -2.43. The number of hydrogen-bond donors (Lipinski definition) is 1. The molecule has 2 bridgehead atoms. The molecule has 0 amide bonds. The lowest BCUT2D eigenvalue weighted by atomic mass is 9.52. The highest BCUT2D eigenvalue weighted by Crippen LogP contribution is 2.65. The van der Waals surface area contributed by atoms with Crippen LogP contribution >= 0.6 is 0 Å². The maximum atomic E-state index is 11.6. The molecule has 0 aromatic heterocycles. The Morgan fingerprint density at radius 2 is 1.50 bits per heavy atom. The lowest BCUT2D eigenvalue weighted by molar-refractivity contribution is -0.0581. The molecule has 0 heterocycles.